The maximum atomic E-state index is 12.5. The number of aromatic nitrogens is 3. The van der Waals surface area contributed by atoms with Crippen molar-refractivity contribution in [3.8, 4) is 22.5 Å². The molecule has 27 heavy (non-hydrogen) atoms. The van der Waals surface area contributed by atoms with E-state index >= 15 is 0 Å². The summed E-state index contributed by atoms with van der Waals surface area (Å²) in [6, 6.07) is 12.8. The number of rotatable bonds is 4. The van der Waals surface area contributed by atoms with Gasteiger partial charge >= 0.3 is 0 Å². The number of aryl methyl sites for hydroxylation is 1. The van der Waals surface area contributed by atoms with Crippen LogP contribution >= 0.6 is 0 Å². The van der Waals surface area contributed by atoms with E-state index < -0.39 is 10.0 Å². The van der Waals surface area contributed by atoms with E-state index in [0.29, 0.717) is 5.82 Å². The van der Waals surface area contributed by atoms with Crippen LogP contribution in [0.4, 0.5) is 0 Å². The predicted molar refractivity (Wildman–Crippen MR) is 103 cm³/mol. The van der Waals surface area contributed by atoms with Crippen molar-refractivity contribution in [3.05, 3.63) is 54.6 Å². The Bertz CT molecular complexity index is 1230. The number of H-pyrrole nitrogens is 1. The number of nitrogens with one attached hydrogen (secondary N) is 1. The van der Waals surface area contributed by atoms with Crippen LogP contribution < -0.4 is 0 Å². The molecular formula is C19H18N4O3S. The second kappa shape index (κ2) is 6.33. The topological polar surface area (TPSA) is 92.1 Å². The van der Waals surface area contributed by atoms with Crippen molar-refractivity contribution >= 4 is 20.9 Å². The summed E-state index contributed by atoms with van der Waals surface area (Å²) in [4.78, 5) is 7.71. The van der Waals surface area contributed by atoms with Gasteiger partial charge in [0.05, 0.1) is 4.90 Å². The molecule has 4 aromatic rings. The molecule has 0 amide bonds. The van der Waals surface area contributed by atoms with Gasteiger partial charge in [-0.1, -0.05) is 17.3 Å². The van der Waals surface area contributed by atoms with Crippen LogP contribution in [-0.4, -0.2) is 41.9 Å². The van der Waals surface area contributed by atoms with Gasteiger partial charge in [0.1, 0.15) is 0 Å². The van der Waals surface area contributed by atoms with Crippen LogP contribution in [0.2, 0.25) is 0 Å². The molecule has 0 bridgehead atoms. The number of aromatic amines is 1. The Morgan fingerprint density at radius 2 is 1.89 bits per heavy atom. The smallest absolute Gasteiger partial charge is 0.242 e. The summed E-state index contributed by atoms with van der Waals surface area (Å²) < 4.78 is 31.1. The highest BCUT2D eigenvalue weighted by Gasteiger charge is 2.19. The van der Waals surface area contributed by atoms with Crippen molar-refractivity contribution < 1.29 is 12.9 Å². The first-order valence-corrected chi connectivity index (χ1v) is 9.74. The Balaban J connectivity index is 1.92. The lowest BCUT2D eigenvalue weighted by Crippen LogP contribution is -2.22. The van der Waals surface area contributed by atoms with Crippen LogP contribution in [0, 0.1) is 6.92 Å². The normalized spacial score (nSPS) is 12.1. The Kier molecular flexibility index (Phi) is 4.09. The molecule has 0 aliphatic carbocycles. The minimum Gasteiger partial charge on any atom is -0.358 e. The van der Waals surface area contributed by atoms with E-state index in [-0.39, 0.29) is 4.90 Å². The quantitative estimate of drug-likeness (QED) is 0.584. The summed E-state index contributed by atoms with van der Waals surface area (Å²) in [5, 5.41) is 4.85. The van der Waals surface area contributed by atoms with Gasteiger partial charge < -0.3 is 9.51 Å². The summed E-state index contributed by atoms with van der Waals surface area (Å²) >= 11 is 0. The average molecular weight is 382 g/mol. The molecule has 138 valence electrons. The average Bonchev–Trinajstić information content (AvgIpc) is 3.28. The summed E-state index contributed by atoms with van der Waals surface area (Å²) in [5.74, 6) is 0.505. The fraction of sp³-hybridized carbons (Fsp3) is 0.158. The molecular weight excluding hydrogens is 364 g/mol. The first kappa shape index (κ1) is 17.4. The third-order valence-corrected chi connectivity index (χ3v) is 6.32. The second-order valence-corrected chi connectivity index (χ2v) is 8.61. The monoisotopic (exact) mass is 382 g/mol. The second-order valence-electron chi connectivity index (χ2n) is 6.46. The van der Waals surface area contributed by atoms with Crippen LogP contribution in [0.1, 0.15) is 5.69 Å². The summed E-state index contributed by atoms with van der Waals surface area (Å²) in [6.45, 7) is 1.97. The maximum Gasteiger partial charge on any atom is 0.242 e. The fourth-order valence-corrected chi connectivity index (χ4v) is 4.11. The van der Waals surface area contributed by atoms with E-state index in [4.69, 9.17) is 4.52 Å². The zero-order valence-electron chi connectivity index (χ0n) is 15.1. The molecule has 1 N–H and O–H groups in total. The minimum absolute atomic E-state index is 0.257. The van der Waals surface area contributed by atoms with E-state index in [9.17, 15) is 8.42 Å². The van der Waals surface area contributed by atoms with Gasteiger partial charge in [0, 0.05) is 41.8 Å². The number of fused-ring (bicyclic) bond motifs is 1. The highest BCUT2D eigenvalue weighted by Crippen LogP contribution is 2.35. The molecule has 0 spiro atoms. The minimum atomic E-state index is -3.51. The predicted octanol–water partition coefficient (Wildman–Crippen LogP) is 3.44. The molecule has 0 aliphatic rings. The number of hydrogen-bond acceptors (Lipinski definition) is 5. The third kappa shape index (κ3) is 2.92. The zero-order chi connectivity index (χ0) is 19.2. The molecule has 0 atom stereocenters. The Morgan fingerprint density at radius 1 is 1.07 bits per heavy atom. The zero-order valence-corrected chi connectivity index (χ0v) is 15.9. The lowest BCUT2D eigenvalue weighted by molar-refractivity contribution is 0.419. The third-order valence-electron chi connectivity index (χ3n) is 4.51. The highest BCUT2D eigenvalue weighted by molar-refractivity contribution is 7.89. The Labute approximate surface area is 156 Å². The lowest BCUT2D eigenvalue weighted by atomic mass is 10.0. The van der Waals surface area contributed by atoms with E-state index in [1.165, 1.54) is 24.8 Å². The van der Waals surface area contributed by atoms with Gasteiger partial charge in [-0.3, -0.25) is 0 Å². The number of sulfonamides is 1. The van der Waals surface area contributed by atoms with Crippen molar-refractivity contribution in [1.29, 1.82) is 0 Å². The number of hydrogen-bond donors (Lipinski definition) is 1. The van der Waals surface area contributed by atoms with Gasteiger partial charge in [-0.25, -0.2) is 12.7 Å². The van der Waals surface area contributed by atoms with E-state index in [1.807, 2.05) is 31.2 Å². The summed E-state index contributed by atoms with van der Waals surface area (Å²) in [5.41, 5.74) is 4.51. The molecule has 8 heteroatoms. The Hall–Kier alpha value is -2.97. The SMILES string of the molecule is Cc1[nH]c2ccc(-c3ncon3)cc2c1-c1cccc(S(=O)(=O)N(C)C)c1. The first-order chi connectivity index (χ1) is 12.9. The van der Waals surface area contributed by atoms with Gasteiger partial charge in [0.15, 0.2) is 0 Å². The van der Waals surface area contributed by atoms with E-state index in [0.717, 1.165) is 33.3 Å². The van der Waals surface area contributed by atoms with Gasteiger partial charge in [-0.05, 0) is 42.8 Å². The van der Waals surface area contributed by atoms with Crippen molar-refractivity contribution in [1.82, 2.24) is 19.4 Å². The van der Waals surface area contributed by atoms with Crippen LogP contribution in [0.5, 0.6) is 0 Å². The molecule has 7 nitrogen and oxygen atoms in total. The fourth-order valence-electron chi connectivity index (χ4n) is 3.16. The van der Waals surface area contributed by atoms with Gasteiger partial charge in [0.25, 0.3) is 0 Å². The van der Waals surface area contributed by atoms with Crippen LogP contribution in [0.15, 0.2) is 58.3 Å². The van der Waals surface area contributed by atoms with Crippen molar-refractivity contribution in [2.24, 2.45) is 0 Å². The molecule has 0 saturated carbocycles. The molecule has 0 saturated heterocycles. The van der Waals surface area contributed by atoms with E-state index in [1.54, 1.807) is 18.2 Å². The molecule has 0 unspecified atom stereocenters. The van der Waals surface area contributed by atoms with Crippen LogP contribution in [-0.2, 0) is 10.0 Å². The van der Waals surface area contributed by atoms with Gasteiger partial charge in [-0.2, -0.15) is 4.98 Å². The molecule has 0 aliphatic heterocycles. The van der Waals surface area contributed by atoms with Crippen molar-refractivity contribution in [2.75, 3.05) is 14.1 Å². The highest BCUT2D eigenvalue weighted by atomic mass is 32.2. The molecule has 2 heterocycles. The summed E-state index contributed by atoms with van der Waals surface area (Å²) in [6.07, 6.45) is 1.29. The van der Waals surface area contributed by atoms with Gasteiger partial charge in [-0.15, -0.1) is 0 Å². The van der Waals surface area contributed by atoms with Crippen molar-refractivity contribution in [2.45, 2.75) is 11.8 Å². The van der Waals surface area contributed by atoms with Crippen LogP contribution in [0.25, 0.3) is 33.4 Å². The maximum absolute atomic E-state index is 12.5. The molecule has 2 aromatic carbocycles. The number of nitrogens with zero attached hydrogens (tertiary/aromatic N) is 3. The standard InChI is InChI=1S/C19H18N4O3S/c1-12-18(13-5-4-6-15(9-13)27(24,25)23(2)3)16-10-14(7-8-17(16)21-12)19-20-11-26-22-19/h4-11,21H,1-3H3. The first-order valence-electron chi connectivity index (χ1n) is 8.30. The lowest BCUT2D eigenvalue weighted by Gasteiger charge is -2.12. The number of benzene rings is 2. The Morgan fingerprint density at radius 3 is 2.59 bits per heavy atom. The molecule has 0 fully saturated rings. The van der Waals surface area contributed by atoms with E-state index in [2.05, 4.69) is 15.1 Å². The van der Waals surface area contributed by atoms with Gasteiger partial charge in [0.2, 0.25) is 22.2 Å². The van der Waals surface area contributed by atoms with Crippen molar-refractivity contribution in [3.63, 3.8) is 0 Å². The summed E-state index contributed by atoms with van der Waals surface area (Å²) in [7, 11) is -0.462. The molecule has 4 rings (SSSR count). The largest absolute Gasteiger partial charge is 0.358 e. The van der Waals surface area contributed by atoms with Crippen LogP contribution in [0.3, 0.4) is 0 Å². The molecule has 2 aromatic heterocycles. The molecule has 0 radical (unpaired) electrons.